The van der Waals surface area contributed by atoms with Crippen molar-refractivity contribution in [1.82, 2.24) is 0 Å². The Hall–Kier alpha value is -0.710. The summed E-state index contributed by atoms with van der Waals surface area (Å²) in [5, 5.41) is 8.27. The predicted molar refractivity (Wildman–Crippen MR) is 92.8 cm³/mol. The summed E-state index contributed by atoms with van der Waals surface area (Å²) >= 11 is 28.7. The molecule has 0 unspecified atom stereocenters. The topological polar surface area (TPSA) is 24.1 Å². The molecular weight excluding hydrogens is 358 g/mol. The lowest BCUT2D eigenvalue weighted by atomic mass is 10.3. The fraction of sp³-hybridized carbons (Fsp3) is 0. The van der Waals surface area contributed by atoms with Gasteiger partial charge in [-0.05, 0) is 48.6 Å². The second-order valence-corrected chi connectivity index (χ2v) is 5.87. The highest BCUT2D eigenvalue weighted by Crippen LogP contribution is 2.26. The van der Waals surface area contributed by atoms with Crippen molar-refractivity contribution in [3.63, 3.8) is 0 Å². The smallest absolute Gasteiger partial charge is 0.175 e. The fourth-order valence-corrected chi connectivity index (χ4v) is 2.27. The molecule has 0 aliphatic rings. The molecule has 20 heavy (non-hydrogen) atoms. The van der Waals surface area contributed by atoms with E-state index < -0.39 is 0 Å². The first-order valence-electron chi connectivity index (χ1n) is 5.44. The number of benzene rings is 2. The molecule has 0 amide bonds. The number of hydrogen-bond donors (Lipinski definition) is 2. The first kappa shape index (κ1) is 15.7. The molecule has 0 spiro atoms. The van der Waals surface area contributed by atoms with Gasteiger partial charge in [-0.3, -0.25) is 0 Å². The van der Waals surface area contributed by atoms with E-state index >= 15 is 0 Å². The SMILES string of the molecule is S=C(Nc1ccc(Cl)c(Cl)c1)Nc1ccc(Cl)c(Cl)c1. The van der Waals surface area contributed by atoms with Crippen molar-refractivity contribution in [2.75, 3.05) is 10.6 Å². The molecular formula is C13H8Cl4N2S. The first-order valence-corrected chi connectivity index (χ1v) is 7.36. The van der Waals surface area contributed by atoms with E-state index in [0.717, 1.165) is 11.4 Å². The Morgan fingerprint density at radius 2 is 1.10 bits per heavy atom. The summed E-state index contributed by atoms with van der Waals surface area (Å²) in [6.07, 6.45) is 0. The molecule has 0 bridgehead atoms. The molecule has 104 valence electrons. The monoisotopic (exact) mass is 364 g/mol. The van der Waals surface area contributed by atoms with Crippen LogP contribution in [-0.4, -0.2) is 5.11 Å². The van der Waals surface area contributed by atoms with E-state index in [2.05, 4.69) is 10.6 Å². The second-order valence-electron chi connectivity index (χ2n) is 3.84. The van der Waals surface area contributed by atoms with Crippen molar-refractivity contribution in [2.24, 2.45) is 0 Å². The zero-order valence-electron chi connectivity index (χ0n) is 9.88. The van der Waals surface area contributed by atoms with Crippen LogP contribution in [0.2, 0.25) is 20.1 Å². The Labute approximate surface area is 142 Å². The van der Waals surface area contributed by atoms with Crippen LogP contribution in [-0.2, 0) is 0 Å². The number of halogens is 4. The molecule has 0 fully saturated rings. The number of thiocarbonyl (C=S) groups is 1. The maximum atomic E-state index is 5.93. The van der Waals surface area contributed by atoms with Crippen LogP contribution >= 0.6 is 58.6 Å². The fourth-order valence-electron chi connectivity index (χ4n) is 1.44. The van der Waals surface area contributed by atoms with Crippen molar-refractivity contribution < 1.29 is 0 Å². The number of hydrogen-bond acceptors (Lipinski definition) is 1. The van der Waals surface area contributed by atoms with Crippen LogP contribution in [0.15, 0.2) is 36.4 Å². The lowest BCUT2D eigenvalue weighted by Gasteiger charge is -2.11. The van der Waals surface area contributed by atoms with Crippen molar-refractivity contribution in [2.45, 2.75) is 0 Å². The summed E-state index contributed by atoms with van der Waals surface area (Å²) in [4.78, 5) is 0. The van der Waals surface area contributed by atoms with Gasteiger partial charge in [0.2, 0.25) is 0 Å². The van der Waals surface area contributed by atoms with E-state index in [9.17, 15) is 0 Å². The Morgan fingerprint density at radius 1 is 0.700 bits per heavy atom. The van der Waals surface area contributed by atoms with Gasteiger partial charge < -0.3 is 10.6 Å². The Balaban J connectivity index is 2.04. The second kappa shape index (κ2) is 6.83. The van der Waals surface area contributed by atoms with E-state index in [0.29, 0.717) is 25.2 Å². The van der Waals surface area contributed by atoms with Crippen LogP contribution in [0.3, 0.4) is 0 Å². The van der Waals surface area contributed by atoms with Crippen LogP contribution < -0.4 is 10.6 Å². The lowest BCUT2D eigenvalue weighted by molar-refractivity contribution is 1.59. The van der Waals surface area contributed by atoms with Gasteiger partial charge >= 0.3 is 0 Å². The van der Waals surface area contributed by atoms with E-state index in [-0.39, 0.29) is 0 Å². The molecule has 0 aromatic heterocycles. The molecule has 0 radical (unpaired) electrons. The normalized spacial score (nSPS) is 10.2. The van der Waals surface area contributed by atoms with Gasteiger partial charge in [0.1, 0.15) is 0 Å². The van der Waals surface area contributed by atoms with E-state index in [1.54, 1.807) is 36.4 Å². The molecule has 2 aromatic carbocycles. The van der Waals surface area contributed by atoms with Crippen LogP contribution in [0.5, 0.6) is 0 Å². The van der Waals surface area contributed by atoms with E-state index in [4.69, 9.17) is 58.6 Å². The van der Waals surface area contributed by atoms with Gasteiger partial charge in [0.25, 0.3) is 0 Å². The lowest BCUT2D eigenvalue weighted by Crippen LogP contribution is -2.18. The Kier molecular flexibility index (Phi) is 5.35. The minimum Gasteiger partial charge on any atom is -0.332 e. The predicted octanol–water partition coefficient (Wildman–Crippen LogP) is 6.11. The number of anilines is 2. The highest BCUT2D eigenvalue weighted by atomic mass is 35.5. The molecule has 0 saturated heterocycles. The summed E-state index contributed by atoms with van der Waals surface area (Å²) in [7, 11) is 0. The van der Waals surface area contributed by atoms with Gasteiger partial charge in [-0.1, -0.05) is 46.4 Å². The Morgan fingerprint density at radius 3 is 1.45 bits per heavy atom. The highest BCUT2D eigenvalue weighted by molar-refractivity contribution is 7.80. The van der Waals surface area contributed by atoms with Crippen molar-refractivity contribution >= 4 is 75.1 Å². The maximum Gasteiger partial charge on any atom is 0.175 e. The molecule has 0 aliphatic heterocycles. The summed E-state index contributed by atoms with van der Waals surface area (Å²) in [5.74, 6) is 0. The van der Waals surface area contributed by atoms with Crippen molar-refractivity contribution in [3.05, 3.63) is 56.5 Å². The minimum atomic E-state index is 0.404. The quantitative estimate of drug-likeness (QED) is 0.628. The number of rotatable bonds is 2. The average Bonchev–Trinajstić information content (AvgIpc) is 2.38. The molecule has 2 N–H and O–H groups in total. The maximum absolute atomic E-state index is 5.93. The molecule has 0 heterocycles. The zero-order valence-corrected chi connectivity index (χ0v) is 13.7. The van der Waals surface area contributed by atoms with Gasteiger partial charge in [0.15, 0.2) is 5.11 Å². The van der Waals surface area contributed by atoms with Gasteiger partial charge in [0.05, 0.1) is 20.1 Å². The first-order chi connectivity index (χ1) is 9.45. The van der Waals surface area contributed by atoms with Crippen molar-refractivity contribution in [1.29, 1.82) is 0 Å². The summed E-state index contributed by atoms with van der Waals surface area (Å²) in [6, 6.07) is 10.3. The molecule has 7 heteroatoms. The van der Waals surface area contributed by atoms with Crippen LogP contribution in [0, 0.1) is 0 Å². The minimum absolute atomic E-state index is 0.404. The molecule has 2 nitrogen and oxygen atoms in total. The van der Waals surface area contributed by atoms with E-state index in [1.165, 1.54) is 0 Å². The third-order valence-electron chi connectivity index (χ3n) is 2.35. The van der Waals surface area contributed by atoms with E-state index in [1.807, 2.05) is 0 Å². The van der Waals surface area contributed by atoms with Crippen LogP contribution in [0.1, 0.15) is 0 Å². The molecule has 0 atom stereocenters. The average molecular weight is 366 g/mol. The van der Waals surface area contributed by atoms with Crippen LogP contribution in [0.25, 0.3) is 0 Å². The summed E-state index contributed by atoms with van der Waals surface area (Å²) < 4.78 is 0. The largest absolute Gasteiger partial charge is 0.332 e. The summed E-state index contributed by atoms with van der Waals surface area (Å²) in [6.45, 7) is 0. The molecule has 0 saturated carbocycles. The number of nitrogens with one attached hydrogen (secondary N) is 2. The highest BCUT2D eigenvalue weighted by Gasteiger charge is 2.04. The Bertz CT molecular complexity index is 605. The van der Waals surface area contributed by atoms with Gasteiger partial charge in [0, 0.05) is 11.4 Å². The van der Waals surface area contributed by atoms with Gasteiger partial charge in [-0.25, -0.2) is 0 Å². The summed E-state index contributed by atoms with van der Waals surface area (Å²) in [5.41, 5.74) is 1.47. The molecule has 0 aliphatic carbocycles. The molecule has 2 rings (SSSR count). The van der Waals surface area contributed by atoms with Crippen LogP contribution in [0.4, 0.5) is 11.4 Å². The molecule has 2 aromatic rings. The standard InChI is InChI=1S/C13H8Cl4N2S/c14-9-3-1-7(5-11(9)16)18-13(20)19-8-2-4-10(15)12(17)6-8/h1-6H,(H2,18,19,20). The van der Waals surface area contributed by atoms with Crippen molar-refractivity contribution in [3.8, 4) is 0 Å². The zero-order chi connectivity index (χ0) is 14.7. The van der Waals surface area contributed by atoms with Gasteiger partial charge in [-0.15, -0.1) is 0 Å². The third kappa shape index (κ3) is 4.14. The third-order valence-corrected chi connectivity index (χ3v) is 4.04. The van der Waals surface area contributed by atoms with Gasteiger partial charge in [-0.2, -0.15) is 0 Å².